The molecule has 1 aromatic rings. The van der Waals surface area contributed by atoms with Crippen molar-refractivity contribution in [3.63, 3.8) is 0 Å². The van der Waals surface area contributed by atoms with E-state index in [0.29, 0.717) is 0 Å². The smallest absolute Gasteiger partial charge is 0.340 e. The first kappa shape index (κ1) is 15.2. The highest BCUT2D eigenvalue weighted by molar-refractivity contribution is 7.89. The zero-order valence-electron chi connectivity index (χ0n) is 10.8. The Morgan fingerprint density at radius 1 is 1.42 bits per heavy atom. The van der Waals surface area contributed by atoms with E-state index in [1.54, 1.807) is 0 Å². The number of aromatic carboxylic acids is 1. The Morgan fingerprint density at radius 3 is 2.47 bits per heavy atom. The van der Waals surface area contributed by atoms with Crippen LogP contribution in [0.5, 0.6) is 0 Å². The lowest BCUT2D eigenvalue weighted by molar-refractivity contribution is 0.0691. The van der Waals surface area contributed by atoms with Crippen molar-refractivity contribution in [2.75, 3.05) is 13.6 Å². The molecule has 1 heterocycles. The summed E-state index contributed by atoms with van der Waals surface area (Å²) in [4.78, 5) is 10.8. The number of rotatable bonds is 5. The zero-order chi connectivity index (χ0) is 14.8. The molecule has 0 bridgehead atoms. The van der Waals surface area contributed by atoms with Crippen LogP contribution in [-0.4, -0.2) is 37.4 Å². The minimum Gasteiger partial charge on any atom is -0.478 e. The molecular weight excluding hydrogens is 272 g/mol. The fourth-order valence-electron chi connectivity index (χ4n) is 1.70. The molecule has 1 rings (SSSR count). The van der Waals surface area contributed by atoms with Crippen molar-refractivity contribution in [2.24, 2.45) is 0 Å². The summed E-state index contributed by atoms with van der Waals surface area (Å²) in [6.07, 6.45) is 0.0218. The Morgan fingerprint density at radius 2 is 2.00 bits per heavy atom. The average molecular weight is 286 g/mol. The molecule has 0 aromatic carbocycles. The van der Waals surface area contributed by atoms with Crippen LogP contribution < -0.4 is 0 Å². The van der Waals surface area contributed by atoms with Gasteiger partial charge in [0.15, 0.2) is 0 Å². The van der Waals surface area contributed by atoms with Crippen LogP contribution in [0.25, 0.3) is 0 Å². The standard InChI is InChI=1S/C11H14N2O5S/c1-7-9(11(14)15)10(8(2)18-7)19(16,17)13(3)6-4-5-12/h4,6H2,1-3H3,(H,14,15). The van der Waals surface area contributed by atoms with E-state index < -0.39 is 16.0 Å². The number of aryl methyl sites for hydroxylation is 2. The monoisotopic (exact) mass is 286 g/mol. The lowest BCUT2D eigenvalue weighted by atomic mass is 10.2. The summed E-state index contributed by atoms with van der Waals surface area (Å²) < 4.78 is 30.6. The van der Waals surface area contributed by atoms with Crippen LogP contribution in [0.4, 0.5) is 0 Å². The van der Waals surface area contributed by atoms with Gasteiger partial charge in [0, 0.05) is 20.0 Å². The van der Waals surface area contributed by atoms with Crippen molar-refractivity contribution < 1.29 is 22.7 Å². The molecule has 0 radical (unpaired) electrons. The fourth-order valence-corrected chi connectivity index (χ4v) is 3.24. The third kappa shape index (κ3) is 2.77. The number of carboxylic acid groups (broad SMARTS) is 1. The Kier molecular flexibility index (Phi) is 4.34. The normalized spacial score (nSPS) is 11.5. The highest BCUT2D eigenvalue weighted by Crippen LogP contribution is 2.28. The number of sulfonamides is 1. The van der Waals surface area contributed by atoms with Crippen LogP contribution in [-0.2, 0) is 10.0 Å². The molecule has 19 heavy (non-hydrogen) atoms. The van der Waals surface area contributed by atoms with Gasteiger partial charge in [0.25, 0.3) is 0 Å². The second-order valence-corrected chi connectivity index (χ2v) is 5.94. The van der Waals surface area contributed by atoms with Crippen molar-refractivity contribution in [2.45, 2.75) is 25.2 Å². The van der Waals surface area contributed by atoms with E-state index in [2.05, 4.69) is 0 Å². The number of furan rings is 1. The van der Waals surface area contributed by atoms with Gasteiger partial charge in [-0.25, -0.2) is 13.2 Å². The Hall–Kier alpha value is -1.85. The Bertz CT molecular complexity index is 639. The Labute approximate surface area is 111 Å². The largest absolute Gasteiger partial charge is 0.478 e. The van der Waals surface area contributed by atoms with E-state index in [4.69, 9.17) is 14.8 Å². The molecule has 0 saturated heterocycles. The van der Waals surface area contributed by atoms with Crippen molar-refractivity contribution in [1.82, 2.24) is 4.31 Å². The summed E-state index contributed by atoms with van der Waals surface area (Å²) in [6.45, 7) is 2.77. The van der Waals surface area contributed by atoms with Crippen LogP contribution >= 0.6 is 0 Å². The second-order valence-electron chi connectivity index (χ2n) is 3.96. The summed E-state index contributed by atoms with van der Waals surface area (Å²) >= 11 is 0. The summed E-state index contributed by atoms with van der Waals surface area (Å²) in [6, 6.07) is 1.83. The van der Waals surface area contributed by atoms with Gasteiger partial charge in [0.1, 0.15) is 22.0 Å². The minimum absolute atomic E-state index is 0.0123. The first-order chi connectivity index (χ1) is 8.73. The van der Waals surface area contributed by atoms with Crippen molar-refractivity contribution in [3.05, 3.63) is 17.1 Å². The number of nitrogens with zero attached hydrogens (tertiary/aromatic N) is 2. The van der Waals surface area contributed by atoms with Crippen molar-refractivity contribution in [1.29, 1.82) is 5.26 Å². The maximum Gasteiger partial charge on any atom is 0.340 e. The third-order valence-electron chi connectivity index (χ3n) is 2.63. The predicted molar refractivity (Wildman–Crippen MR) is 65.2 cm³/mol. The van der Waals surface area contributed by atoms with Gasteiger partial charge in [-0.15, -0.1) is 0 Å². The van der Waals surface area contributed by atoms with Crippen LogP contribution in [0.3, 0.4) is 0 Å². The molecule has 0 aliphatic heterocycles. The van der Waals surface area contributed by atoms with Gasteiger partial charge >= 0.3 is 5.97 Å². The van der Waals surface area contributed by atoms with Crippen LogP contribution in [0.15, 0.2) is 9.31 Å². The predicted octanol–water partition coefficient (Wildman–Crippen LogP) is 1.13. The molecule has 0 aliphatic rings. The number of carbonyl (C=O) groups is 1. The summed E-state index contributed by atoms with van der Waals surface area (Å²) in [7, 11) is -2.70. The van der Waals surface area contributed by atoms with Crippen LogP contribution in [0.1, 0.15) is 28.3 Å². The van der Waals surface area contributed by atoms with Crippen molar-refractivity contribution >= 4 is 16.0 Å². The third-order valence-corrected chi connectivity index (χ3v) is 4.64. The van der Waals surface area contributed by atoms with Crippen molar-refractivity contribution in [3.8, 4) is 6.07 Å². The highest BCUT2D eigenvalue weighted by atomic mass is 32.2. The molecule has 0 unspecified atom stereocenters. The van der Waals surface area contributed by atoms with Gasteiger partial charge in [0.2, 0.25) is 10.0 Å². The molecular formula is C11H14N2O5S. The SMILES string of the molecule is Cc1oc(C)c(S(=O)(=O)N(C)CCC#N)c1C(=O)O. The molecule has 0 saturated carbocycles. The molecule has 7 nitrogen and oxygen atoms in total. The fraction of sp³-hybridized carbons (Fsp3) is 0.455. The highest BCUT2D eigenvalue weighted by Gasteiger charge is 2.33. The number of carboxylic acids is 1. The topological polar surface area (TPSA) is 112 Å². The second kappa shape index (κ2) is 5.42. The molecule has 1 N–H and O–H groups in total. The van der Waals surface area contributed by atoms with Crippen LogP contribution in [0, 0.1) is 25.2 Å². The van der Waals surface area contributed by atoms with Gasteiger partial charge in [-0.3, -0.25) is 0 Å². The molecule has 8 heteroatoms. The lowest BCUT2D eigenvalue weighted by Gasteiger charge is -2.15. The van der Waals surface area contributed by atoms with E-state index in [1.807, 2.05) is 6.07 Å². The zero-order valence-corrected chi connectivity index (χ0v) is 11.6. The van der Waals surface area contributed by atoms with E-state index >= 15 is 0 Å². The van der Waals surface area contributed by atoms with E-state index in [-0.39, 0.29) is 34.9 Å². The molecule has 0 atom stereocenters. The summed E-state index contributed by atoms with van der Waals surface area (Å²) in [5.41, 5.74) is -0.360. The first-order valence-corrected chi connectivity index (χ1v) is 6.84. The van der Waals surface area contributed by atoms with Gasteiger partial charge in [-0.1, -0.05) is 0 Å². The van der Waals surface area contributed by atoms with Gasteiger partial charge in [-0.05, 0) is 13.8 Å². The summed E-state index contributed by atoms with van der Waals surface area (Å²) in [5, 5.41) is 17.6. The maximum atomic E-state index is 12.3. The molecule has 0 fully saturated rings. The van der Waals surface area contributed by atoms with E-state index in [1.165, 1.54) is 20.9 Å². The number of hydrogen-bond donors (Lipinski definition) is 1. The van der Waals surface area contributed by atoms with E-state index in [0.717, 1.165) is 4.31 Å². The molecule has 0 spiro atoms. The van der Waals surface area contributed by atoms with Gasteiger partial charge < -0.3 is 9.52 Å². The van der Waals surface area contributed by atoms with Gasteiger partial charge in [0.05, 0.1) is 6.07 Å². The molecule has 0 aliphatic carbocycles. The molecule has 0 amide bonds. The van der Waals surface area contributed by atoms with Crippen LogP contribution in [0.2, 0.25) is 0 Å². The number of nitriles is 1. The lowest BCUT2D eigenvalue weighted by Crippen LogP contribution is -2.29. The quantitative estimate of drug-likeness (QED) is 0.868. The summed E-state index contributed by atoms with van der Waals surface area (Å²) in [5.74, 6) is -1.29. The maximum absolute atomic E-state index is 12.3. The minimum atomic E-state index is -3.99. The average Bonchev–Trinajstić information content (AvgIpc) is 2.61. The molecule has 104 valence electrons. The van der Waals surface area contributed by atoms with Gasteiger partial charge in [-0.2, -0.15) is 9.57 Å². The Balaban J connectivity index is 3.37. The first-order valence-electron chi connectivity index (χ1n) is 5.40. The van der Waals surface area contributed by atoms with E-state index in [9.17, 15) is 13.2 Å². The molecule has 1 aromatic heterocycles. The number of hydrogen-bond acceptors (Lipinski definition) is 5.